The Morgan fingerprint density at radius 1 is 0.733 bits per heavy atom. The summed E-state index contributed by atoms with van der Waals surface area (Å²) in [6.45, 7) is 4.64. The fourth-order valence-electron chi connectivity index (χ4n) is 7.04. The van der Waals surface area contributed by atoms with E-state index in [-0.39, 0.29) is 26.1 Å². The minimum absolute atomic E-state index is 0.277. The standard InChI is InChI=1S/C39H34I2O4/c1-38(2)30-9-8-10-32(44-7)35(30)34-29-21-25(40-3)22-31(41-4)33(29)37-28(36(34)38)19-20-39(45-37,23-11-15-26(42-5)16-12-23)24-13-17-27(43-6)18-14-24/h8-22H,3-4H2,1-2,5-7H3. The van der Waals surface area contributed by atoms with Crippen LogP contribution in [0.2, 0.25) is 0 Å². The second-order valence-corrected chi connectivity index (χ2v) is 15.6. The molecule has 0 unspecified atom stereocenters. The number of rotatable bonds is 7. The number of ether oxygens (including phenoxy) is 4. The maximum absolute atomic E-state index is 7.53. The Labute approximate surface area is 284 Å². The molecule has 228 valence electrons. The molecule has 4 nitrogen and oxygen atoms in total. The average molecular weight is 821 g/mol. The molecule has 6 heteroatoms. The third-order valence-electron chi connectivity index (χ3n) is 9.19. The number of halogens is 2. The first-order valence-corrected chi connectivity index (χ1v) is 19.8. The lowest BCUT2D eigenvalue weighted by Gasteiger charge is -2.38. The molecule has 0 spiro atoms. The Balaban J connectivity index is 1.61. The van der Waals surface area contributed by atoms with Crippen LogP contribution in [0, 0.1) is 7.14 Å². The molecule has 5 aromatic carbocycles. The van der Waals surface area contributed by atoms with Crippen molar-refractivity contribution in [1.82, 2.24) is 0 Å². The highest BCUT2D eigenvalue weighted by Crippen LogP contribution is 2.60. The van der Waals surface area contributed by atoms with Crippen molar-refractivity contribution in [2.24, 2.45) is 0 Å². The van der Waals surface area contributed by atoms with Gasteiger partial charge in [0.2, 0.25) is 0 Å². The summed E-state index contributed by atoms with van der Waals surface area (Å²) in [5.41, 5.74) is 6.95. The van der Waals surface area contributed by atoms with Crippen molar-refractivity contribution >= 4 is 67.3 Å². The quantitative estimate of drug-likeness (QED) is 0.153. The van der Waals surface area contributed by atoms with Crippen molar-refractivity contribution in [3.8, 4) is 34.1 Å². The molecular weight excluding hydrogens is 786 g/mol. The monoisotopic (exact) mass is 820 g/mol. The zero-order valence-corrected chi connectivity index (χ0v) is 30.3. The highest BCUT2D eigenvalue weighted by atomic mass is 127. The van der Waals surface area contributed by atoms with Gasteiger partial charge in [0.05, 0.1) is 21.3 Å². The van der Waals surface area contributed by atoms with Crippen molar-refractivity contribution in [2.75, 3.05) is 21.3 Å². The highest BCUT2D eigenvalue weighted by Gasteiger charge is 2.45. The maximum atomic E-state index is 7.53. The fraction of sp³-hybridized carbons (Fsp3) is 0.179. The molecule has 0 radical (unpaired) electrons. The van der Waals surface area contributed by atoms with E-state index in [1.54, 1.807) is 21.3 Å². The first kappa shape index (κ1) is 30.2. The second-order valence-electron chi connectivity index (χ2n) is 11.7. The summed E-state index contributed by atoms with van der Waals surface area (Å²) in [5, 5.41) is 2.35. The number of methoxy groups -OCH3 is 3. The Kier molecular flexibility index (Phi) is 7.63. The van der Waals surface area contributed by atoms with E-state index < -0.39 is 26.3 Å². The summed E-state index contributed by atoms with van der Waals surface area (Å²) in [6.07, 6.45) is 4.51. The molecule has 0 atom stereocenters. The Morgan fingerprint density at radius 2 is 1.38 bits per heavy atom. The highest BCUT2D eigenvalue weighted by molar-refractivity contribution is 14.2. The van der Waals surface area contributed by atoms with Gasteiger partial charge >= 0.3 is 0 Å². The number of benzene rings is 5. The van der Waals surface area contributed by atoms with Gasteiger partial charge in [-0.1, -0.05) is 107 Å². The summed E-state index contributed by atoms with van der Waals surface area (Å²) >= 11 is -0.913. The van der Waals surface area contributed by atoms with Crippen LogP contribution in [0.4, 0.5) is 0 Å². The second kappa shape index (κ2) is 11.4. The predicted octanol–water partition coefficient (Wildman–Crippen LogP) is 9.67. The minimum atomic E-state index is -0.880. The normalized spacial score (nSPS) is 15.1. The van der Waals surface area contributed by atoms with E-state index in [4.69, 9.17) is 18.9 Å². The predicted molar refractivity (Wildman–Crippen MR) is 204 cm³/mol. The number of hydrogen-bond donors (Lipinski definition) is 0. The minimum Gasteiger partial charge on any atom is -0.497 e. The van der Waals surface area contributed by atoms with Crippen LogP contribution in [-0.2, 0) is 11.0 Å². The van der Waals surface area contributed by atoms with Gasteiger partial charge in [-0.3, -0.25) is 0 Å². The molecule has 0 amide bonds. The van der Waals surface area contributed by atoms with Gasteiger partial charge < -0.3 is 18.9 Å². The molecule has 1 aliphatic carbocycles. The Bertz CT molecular complexity index is 1990. The van der Waals surface area contributed by atoms with Crippen molar-refractivity contribution in [3.05, 3.63) is 120 Å². The number of hydrogen-bond acceptors (Lipinski definition) is 4. The van der Waals surface area contributed by atoms with Gasteiger partial charge in [-0.05, 0) is 70.6 Å². The molecule has 45 heavy (non-hydrogen) atoms. The first-order valence-electron chi connectivity index (χ1n) is 14.6. The molecule has 2 aliphatic rings. The first-order chi connectivity index (χ1) is 21.8. The van der Waals surface area contributed by atoms with E-state index in [2.05, 4.69) is 89.6 Å². The summed E-state index contributed by atoms with van der Waals surface area (Å²) < 4.78 is 36.0. The molecule has 0 saturated heterocycles. The molecule has 5 aromatic rings. The third-order valence-corrected chi connectivity index (χ3v) is 12.4. The SMILES string of the molecule is C=Ic1cc(I=C)c2c3c(c4c(c2c1)-c1c(OC)cccc1C4(C)C)C=CC(c1ccc(OC)cc1)(c1ccc(OC)cc1)O3. The van der Waals surface area contributed by atoms with E-state index in [9.17, 15) is 0 Å². The summed E-state index contributed by atoms with van der Waals surface area (Å²) in [7, 11) is 5.14. The van der Waals surface area contributed by atoms with Gasteiger partial charge in [0, 0.05) is 40.2 Å². The van der Waals surface area contributed by atoms with E-state index >= 15 is 0 Å². The summed E-state index contributed by atoms with van der Waals surface area (Å²) in [5.74, 6) is 3.40. The largest absolute Gasteiger partial charge is 0.497 e. The molecule has 0 fully saturated rings. The molecule has 7 rings (SSSR count). The van der Waals surface area contributed by atoms with Crippen molar-refractivity contribution < 1.29 is 18.9 Å². The molecular formula is C39H34I2O4. The van der Waals surface area contributed by atoms with Crippen LogP contribution in [0.3, 0.4) is 0 Å². The van der Waals surface area contributed by atoms with Crippen molar-refractivity contribution in [1.29, 1.82) is 0 Å². The van der Waals surface area contributed by atoms with Crippen LogP contribution < -0.4 is 18.9 Å². The average Bonchev–Trinajstić information content (AvgIpc) is 3.34. The van der Waals surface area contributed by atoms with Crippen LogP contribution in [0.25, 0.3) is 28.0 Å². The van der Waals surface area contributed by atoms with Gasteiger partial charge in [0.1, 0.15) is 23.0 Å². The van der Waals surface area contributed by atoms with Crippen LogP contribution in [0.5, 0.6) is 23.0 Å². The zero-order valence-electron chi connectivity index (χ0n) is 26.0. The van der Waals surface area contributed by atoms with Crippen LogP contribution >= 0.6 is 41.5 Å². The number of fused-ring (bicyclic) bond motifs is 8. The molecule has 1 aliphatic heterocycles. The van der Waals surface area contributed by atoms with Gasteiger partial charge in [-0.25, -0.2) is 0 Å². The van der Waals surface area contributed by atoms with E-state index in [0.717, 1.165) is 45.1 Å². The molecule has 1 heterocycles. The van der Waals surface area contributed by atoms with Gasteiger partial charge in [0.15, 0.2) is 5.60 Å². The Hall–Kier alpha value is -3.50. The van der Waals surface area contributed by atoms with Gasteiger partial charge in [-0.15, -0.1) is 0 Å². The van der Waals surface area contributed by atoms with Crippen LogP contribution in [0.1, 0.15) is 41.7 Å². The van der Waals surface area contributed by atoms with Crippen LogP contribution in [0.15, 0.2) is 84.9 Å². The zero-order chi connectivity index (χ0) is 31.5. The molecule has 0 N–H and O–H groups in total. The fourth-order valence-corrected chi connectivity index (χ4v) is 10.2. The lowest BCUT2D eigenvalue weighted by molar-refractivity contribution is 0.163. The topological polar surface area (TPSA) is 36.9 Å². The lowest BCUT2D eigenvalue weighted by atomic mass is 9.77. The molecule has 0 aromatic heterocycles. The summed E-state index contributed by atoms with van der Waals surface area (Å²) in [4.78, 5) is 0. The smallest absolute Gasteiger partial charge is 0.178 e. The van der Waals surface area contributed by atoms with Crippen LogP contribution in [-0.4, -0.2) is 30.4 Å². The van der Waals surface area contributed by atoms with Crippen molar-refractivity contribution in [2.45, 2.75) is 24.9 Å². The third kappa shape index (κ3) is 4.50. The van der Waals surface area contributed by atoms with E-state index in [0.29, 0.717) is 0 Å². The molecule has 0 bridgehead atoms. The maximum Gasteiger partial charge on any atom is 0.178 e. The Morgan fingerprint density at radius 3 is 1.93 bits per heavy atom. The van der Waals surface area contributed by atoms with Gasteiger partial charge in [0.25, 0.3) is 0 Å². The van der Waals surface area contributed by atoms with Gasteiger partial charge in [-0.2, -0.15) is 0 Å². The molecule has 0 saturated carbocycles. The van der Waals surface area contributed by atoms with E-state index in [1.165, 1.54) is 34.8 Å². The summed E-state index contributed by atoms with van der Waals surface area (Å²) in [6, 6.07) is 27.5. The van der Waals surface area contributed by atoms with E-state index in [1.807, 2.05) is 24.3 Å². The van der Waals surface area contributed by atoms with Crippen molar-refractivity contribution in [3.63, 3.8) is 0 Å². The lowest BCUT2D eigenvalue weighted by Crippen LogP contribution is -2.35.